The molecule has 0 fully saturated rings. The zero-order valence-corrected chi connectivity index (χ0v) is 8.42. The van der Waals surface area contributed by atoms with Crippen molar-refractivity contribution in [2.24, 2.45) is 0 Å². The molecule has 0 spiro atoms. The first-order valence-corrected chi connectivity index (χ1v) is 5.12. The summed E-state index contributed by atoms with van der Waals surface area (Å²) >= 11 is 0. The lowest BCUT2D eigenvalue weighted by atomic mass is 10.1. The lowest BCUT2D eigenvalue weighted by molar-refractivity contribution is -0.117. The van der Waals surface area contributed by atoms with E-state index in [1.807, 2.05) is 6.07 Å². The van der Waals surface area contributed by atoms with E-state index < -0.39 is 0 Å². The predicted octanol–water partition coefficient (Wildman–Crippen LogP) is 2.39. The van der Waals surface area contributed by atoms with E-state index in [1.54, 1.807) is 6.92 Å². The molecule has 0 amide bonds. The molecule has 2 rings (SSSR count). The van der Waals surface area contributed by atoms with Crippen molar-refractivity contribution in [3.8, 4) is 0 Å². The Labute approximate surface area is 84.3 Å². The summed E-state index contributed by atoms with van der Waals surface area (Å²) in [6, 6.07) is 8.25. The molecular weight excluding hydrogens is 174 g/mol. The number of hydrogen-bond acceptors (Lipinski definition) is 2. The van der Waals surface area contributed by atoms with Gasteiger partial charge in [0.1, 0.15) is 0 Å². The van der Waals surface area contributed by atoms with Gasteiger partial charge in [0.05, 0.1) is 6.04 Å². The van der Waals surface area contributed by atoms with Crippen molar-refractivity contribution in [1.29, 1.82) is 0 Å². The summed E-state index contributed by atoms with van der Waals surface area (Å²) in [5.41, 5.74) is 2.46. The maximum atomic E-state index is 11.3. The average Bonchev–Trinajstić information content (AvgIpc) is 2.39. The van der Waals surface area contributed by atoms with E-state index in [0.29, 0.717) is 0 Å². The first-order valence-electron chi connectivity index (χ1n) is 5.12. The second-order valence-electron chi connectivity index (χ2n) is 3.86. The van der Waals surface area contributed by atoms with Crippen LogP contribution in [0, 0.1) is 0 Å². The second-order valence-corrected chi connectivity index (χ2v) is 3.86. The van der Waals surface area contributed by atoms with Crippen LogP contribution < -0.4 is 5.32 Å². The quantitative estimate of drug-likeness (QED) is 0.735. The normalized spacial score (nSPS) is 20.5. The molecule has 1 heterocycles. The summed E-state index contributed by atoms with van der Waals surface area (Å²) < 4.78 is 0. The Morgan fingerprint density at radius 3 is 3.00 bits per heavy atom. The Bertz CT molecular complexity index is 346. The number of rotatable bonds is 1. The smallest absolute Gasteiger partial charge is 0.151 e. The van der Waals surface area contributed by atoms with Gasteiger partial charge in [-0.25, -0.2) is 0 Å². The van der Waals surface area contributed by atoms with Gasteiger partial charge in [0.2, 0.25) is 0 Å². The molecule has 2 nitrogen and oxygen atoms in total. The summed E-state index contributed by atoms with van der Waals surface area (Å²) in [5, 5.41) is 3.31. The van der Waals surface area contributed by atoms with Crippen molar-refractivity contribution in [1.82, 2.24) is 0 Å². The van der Waals surface area contributed by atoms with Crippen LogP contribution in [-0.4, -0.2) is 11.8 Å². The van der Waals surface area contributed by atoms with E-state index in [4.69, 9.17) is 0 Å². The van der Waals surface area contributed by atoms with Crippen molar-refractivity contribution in [2.45, 2.75) is 32.2 Å². The van der Waals surface area contributed by atoms with E-state index in [2.05, 4.69) is 23.5 Å². The number of hydrogen-bond donors (Lipinski definition) is 1. The number of anilines is 1. The van der Waals surface area contributed by atoms with Crippen LogP contribution in [0.1, 0.15) is 25.3 Å². The zero-order valence-electron chi connectivity index (χ0n) is 8.42. The van der Waals surface area contributed by atoms with Gasteiger partial charge in [-0.05, 0) is 37.8 Å². The van der Waals surface area contributed by atoms with Gasteiger partial charge in [0.25, 0.3) is 0 Å². The van der Waals surface area contributed by atoms with Crippen LogP contribution in [0.5, 0.6) is 0 Å². The maximum Gasteiger partial charge on any atom is 0.151 e. The number of carbonyl (C=O) groups is 1. The minimum absolute atomic E-state index is 0.0126. The van der Waals surface area contributed by atoms with Crippen LogP contribution in [0.4, 0.5) is 5.69 Å². The molecule has 1 N–H and O–H groups in total. The molecule has 1 aliphatic heterocycles. The third-order valence-electron chi connectivity index (χ3n) is 2.78. The Morgan fingerprint density at radius 2 is 2.21 bits per heavy atom. The molecule has 1 unspecified atom stereocenters. The van der Waals surface area contributed by atoms with Crippen LogP contribution in [0.2, 0.25) is 0 Å². The van der Waals surface area contributed by atoms with Gasteiger partial charge in [-0.2, -0.15) is 0 Å². The maximum absolute atomic E-state index is 11.3. The largest absolute Gasteiger partial charge is 0.375 e. The van der Waals surface area contributed by atoms with Crippen LogP contribution in [0.3, 0.4) is 0 Å². The fraction of sp³-hybridized carbons (Fsp3) is 0.417. The van der Waals surface area contributed by atoms with E-state index in [9.17, 15) is 4.79 Å². The van der Waals surface area contributed by atoms with Crippen molar-refractivity contribution in [3.05, 3.63) is 29.8 Å². The highest BCUT2D eigenvalue weighted by Crippen LogP contribution is 2.23. The predicted molar refractivity (Wildman–Crippen MR) is 57.5 cm³/mol. The van der Waals surface area contributed by atoms with Crippen molar-refractivity contribution < 1.29 is 4.79 Å². The van der Waals surface area contributed by atoms with Crippen LogP contribution in [-0.2, 0) is 11.2 Å². The average molecular weight is 189 g/mol. The first kappa shape index (κ1) is 9.25. The summed E-state index contributed by atoms with van der Waals surface area (Å²) in [6.07, 6.45) is 3.12. The summed E-state index contributed by atoms with van der Waals surface area (Å²) in [5.74, 6) is 0.238. The Morgan fingerprint density at radius 1 is 1.43 bits per heavy atom. The van der Waals surface area contributed by atoms with E-state index in [1.165, 1.54) is 5.56 Å². The first-order chi connectivity index (χ1) is 6.77. The molecule has 2 heteroatoms. The highest BCUT2D eigenvalue weighted by Gasteiger charge is 2.18. The lowest BCUT2D eigenvalue weighted by Gasteiger charge is -2.14. The van der Waals surface area contributed by atoms with Gasteiger partial charge >= 0.3 is 0 Å². The minimum atomic E-state index is 0.0126. The summed E-state index contributed by atoms with van der Waals surface area (Å²) in [4.78, 5) is 11.3. The number of ketones is 1. The molecule has 0 saturated heterocycles. The van der Waals surface area contributed by atoms with Crippen LogP contribution in [0.15, 0.2) is 24.3 Å². The number of benzene rings is 1. The van der Waals surface area contributed by atoms with Crippen LogP contribution in [0.25, 0.3) is 0 Å². The van der Waals surface area contributed by atoms with Gasteiger partial charge in [-0.1, -0.05) is 18.2 Å². The van der Waals surface area contributed by atoms with E-state index in [-0.39, 0.29) is 11.8 Å². The SMILES string of the molecule is CC(=O)C1CCCc2ccccc2N1. The topological polar surface area (TPSA) is 29.1 Å². The second kappa shape index (κ2) is 3.82. The number of fused-ring (bicyclic) bond motifs is 1. The summed E-state index contributed by atoms with van der Waals surface area (Å²) in [7, 11) is 0. The Balaban J connectivity index is 2.26. The molecule has 1 aromatic carbocycles. The number of Topliss-reactive ketones (excluding diaryl/α,β-unsaturated/α-hetero) is 1. The van der Waals surface area contributed by atoms with Crippen LogP contribution >= 0.6 is 0 Å². The number of carbonyl (C=O) groups excluding carboxylic acids is 1. The standard InChI is InChI=1S/C12H15NO/c1-9(14)11-8-4-6-10-5-2-3-7-12(10)13-11/h2-3,5,7,11,13H,4,6,8H2,1H3. The molecular formula is C12H15NO. The van der Waals surface area contributed by atoms with Crippen molar-refractivity contribution in [2.75, 3.05) is 5.32 Å². The Kier molecular flexibility index (Phi) is 2.53. The van der Waals surface area contributed by atoms with Crippen molar-refractivity contribution in [3.63, 3.8) is 0 Å². The molecule has 74 valence electrons. The summed E-state index contributed by atoms with van der Waals surface area (Å²) in [6.45, 7) is 1.66. The number of nitrogens with one attached hydrogen (secondary N) is 1. The van der Waals surface area contributed by atoms with E-state index in [0.717, 1.165) is 24.9 Å². The zero-order chi connectivity index (χ0) is 9.97. The molecule has 0 radical (unpaired) electrons. The van der Waals surface area contributed by atoms with Crippen molar-refractivity contribution >= 4 is 11.5 Å². The molecule has 1 atom stereocenters. The molecule has 14 heavy (non-hydrogen) atoms. The van der Waals surface area contributed by atoms with E-state index >= 15 is 0 Å². The number of para-hydroxylation sites is 1. The lowest BCUT2D eigenvalue weighted by Crippen LogP contribution is -2.26. The molecule has 0 bridgehead atoms. The van der Waals surface area contributed by atoms with Gasteiger partial charge in [-0.3, -0.25) is 4.79 Å². The third-order valence-corrected chi connectivity index (χ3v) is 2.78. The van der Waals surface area contributed by atoms with Gasteiger partial charge in [0, 0.05) is 5.69 Å². The van der Waals surface area contributed by atoms with Gasteiger partial charge < -0.3 is 5.32 Å². The fourth-order valence-corrected chi connectivity index (χ4v) is 1.94. The van der Waals surface area contributed by atoms with Gasteiger partial charge in [0.15, 0.2) is 5.78 Å². The molecule has 0 saturated carbocycles. The minimum Gasteiger partial charge on any atom is -0.375 e. The third kappa shape index (κ3) is 1.79. The highest BCUT2D eigenvalue weighted by atomic mass is 16.1. The number of aryl methyl sites for hydroxylation is 1. The monoisotopic (exact) mass is 189 g/mol. The molecule has 1 aliphatic rings. The highest BCUT2D eigenvalue weighted by molar-refractivity contribution is 5.84. The Hall–Kier alpha value is -1.31. The fourth-order valence-electron chi connectivity index (χ4n) is 1.94. The van der Waals surface area contributed by atoms with Gasteiger partial charge in [-0.15, -0.1) is 0 Å². The molecule has 0 aliphatic carbocycles. The molecule has 0 aromatic heterocycles. The molecule has 1 aromatic rings.